The molecule has 3 rings (SSSR count). The fraction of sp³-hybridized carbons (Fsp3) is 0.375. The first-order valence-corrected chi connectivity index (χ1v) is 10.2. The van der Waals surface area contributed by atoms with Crippen molar-refractivity contribution in [3.8, 4) is 0 Å². The van der Waals surface area contributed by atoms with Crippen LogP contribution in [0.2, 0.25) is 10.0 Å². The number of hydrogen-bond acceptors (Lipinski definition) is 5. The topological polar surface area (TPSA) is 75.2 Å². The van der Waals surface area contributed by atoms with Crippen molar-refractivity contribution in [2.75, 3.05) is 18.0 Å². The highest BCUT2D eigenvalue weighted by Crippen LogP contribution is 2.25. The van der Waals surface area contributed by atoms with E-state index in [2.05, 4.69) is 19.6 Å². The van der Waals surface area contributed by atoms with Crippen LogP contribution in [0.5, 0.6) is 0 Å². The monoisotopic (exact) mass is 400 g/mol. The molecule has 2 heterocycles. The van der Waals surface area contributed by atoms with E-state index in [1.54, 1.807) is 12.3 Å². The Labute approximate surface area is 157 Å². The molecule has 0 saturated carbocycles. The lowest BCUT2D eigenvalue weighted by Gasteiger charge is -2.26. The molecule has 0 bridgehead atoms. The predicted octanol–water partition coefficient (Wildman–Crippen LogP) is 3.25. The Morgan fingerprint density at radius 2 is 1.88 bits per heavy atom. The number of piperidine rings is 1. The van der Waals surface area contributed by atoms with Gasteiger partial charge in [-0.25, -0.2) is 23.1 Å². The highest BCUT2D eigenvalue weighted by molar-refractivity contribution is 7.89. The van der Waals surface area contributed by atoms with Crippen LogP contribution in [0.25, 0.3) is 0 Å². The molecule has 0 radical (unpaired) electrons. The van der Waals surface area contributed by atoms with Crippen molar-refractivity contribution in [2.45, 2.75) is 30.7 Å². The van der Waals surface area contributed by atoms with Crippen LogP contribution in [0.4, 0.5) is 5.95 Å². The van der Waals surface area contributed by atoms with E-state index in [0.29, 0.717) is 16.7 Å². The smallest absolute Gasteiger partial charge is 0.242 e. The van der Waals surface area contributed by atoms with Gasteiger partial charge in [0.05, 0.1) is 17.3 Å². The van der Waals surface area contributed by atoms with Crippen molar-refractivity contribution in [2.24, 2.45) is 0 Å². The lowest BCUT2D eigenvalue weighted by Crippen LogP contribution is -2.31. The van der Waals surface area contributed by atoms with Gasteiger partial charge in [-0.1, -0.05) is 23.2 Å². The molecule has 1 aliphatic rings. The maximum atomic E-state index is 12.5. The molecular formula is C16H18Cl2N4O2S. The molecule has 134 valence electrons. The van der Waals surface area contributed by atoms with Crippen LogP contribution < -0.4 is 9.62 Å². The van der Waals surface area contributed by atoms with E-state index in [1.165, 1.54) is 24.6 Å². The third-order valence-corrected chi connectivity index (χ3v) is 6.08. The Hall–Kier alpha value is -1.41. The molecule has 9 heteroatoms. The van der Waals surface area contributed by atoms with Crippen LogP contribution in [-0.4, -0.2) is 31.5 Å². The van der Waals surface area contributed by atoms with E-state index in [4.69, 9.17) is 23.2 Å². The van der Waals surface area contributed by atoms with E-state index in [9.17, 15) is 8.42 Å². The SMILES string of the molecule is O=S(=O)(NCc1ccnc(N2CCCCC2)n1)c1cc(Cl)ccc1Cl. The predicted molar refractivity (Wildman–Crippen MR) is 98.6 cm³/mol. The van der Waals surface area contributed by atoms with Gasteiger partial charge in [0, 0.05) is 24.3 Å². The minimum atomic E-state index is -3.79. The summed E-state index contributed by atoms with van der Waals surface area (Å²) in [6.45, 7) is 1.90. The third-order valence-electron chi connectivity index (χ3n) is 3.97. The number of benzene rings is 1. The van der Waals surface area contributed by atoms with Gasteiger partial charge in [-0.3, -0.25) is 0 Å². The van der Waals surface area contributed by atoms with Gasteiger partial charge in [0.1, 0.15) is 4.90 Å². The molecule has 1 saturated heterocycles. The van der Waals surface area contributed by atoms with Crippen molar-refractivity contribution in [1.82, 2.24) is 14.7 Å². The number of rotatable bonds is 5. The largest absolute Gasteiger partial charge is 0.341 e. The highest BCUT2D eigenvalue weighted by Gasteiger charge is 2.19. The summed E-state index contributed by atoms with van der Waals surface area (Å²) < 4.78 is 27.4. The number of hydrogen-bond donors (Lipinski definition) is 1. The molecule has 1 aromatic heterocycles. The summed E-state index contributed by atoms with van der Waals surface area (Å²) in [5.74, 6) is 0.636. The summed E-state index contributed by atoms with van der Waals surface area (Å²) in [6, 6.07) is 6.01. The highest BCUT2D eigenvalue weighted by atomic mass is 35.5. The van der Waals surface area contributed by atoms with Crippen molar-refractivity contribution in [1.29, 1.82) is 0 Å². The zero-order valence-corrected chi connectivity index (χ0v) is 15.8. The first-order valence-electron chi connectivity index (χ1n) is 7.97. The molecule has 0 spiro atoms. The van der Waals surface area contributed by atoms with Crippen molar-refractivity contribution in [3.63, 3.8) is 0 Å². The lowest BCUT2D eigenvalue weighted by molar-refractivity contribution is 0.566. The summed E-state index contributed by atoms with van der Waals surface area (Å²) in [5.41, 5.74) is 0.595. The summed E-state index contributed by atoms with van der Waals surface area (Å²) >= 11 is 11.8. The van der Waals surface area contributed by atoms with Gasteiger partial charge in [0.15, 0.2) is 0 Å². The summed E-state index contributed by atoms with van der Waals surface area (Å²) in [4.78, 5) is 10.8. The Morgan fingerprint density at radius 3 is 2.64 bits per heavy atom. The molecule has 1 N–H and O–H groups in total. The second kappa shape index (κ2) is 7.86. The van der Waals surface area contributed by atoms with Crippen LogP contribution in [-0.2, 0) is 16.6 Å². The summed E-state index contributed by atoms with van der Waals surface area (Å²) in [7, 11) is -3.79. The molecule has 0 unspecified atom stereocenters. The van der Waals surface area contributed by atoms with Gasteiger partial charge in [-0.05, 0) is 43.5 Å². The zero-order valence-electron chi connectivity index (χ0n) is 13.5. The van der Waals surface area contributed by atoms with E-state index in [-0.39, 0.29) is 16.5 Å². The first-order chi connectivity index (χ1) is 12.0. The molecule has 1 fully saturated rings. The summed E-state index contributed by atoms with van der Waals surface area (Å²) in [6.07, 6.45) is 5.10. The number of halogens is 2. The number of nitrogens with one attached hydrogen (secondary N) is 1. The van der Waals surface area contributed by atoms with Gasteiger partial charge in [-0.2, -0.15) is 0 Å². The van der Waals surface area contributed by atoms with Gasteiger partial charge in [-0.15, -0.1) is 0 Å². The molecule has 0 aliphatic carbocycles. The van der Waals surface area contributed by atoms with E-state index >= 15 is 0 Å². The van der Waals surface area contributed by atoms with Gasteiger partial charge in [0.25, 0.3) is 0 Å². The maximum absolute atomic E-state index is 12.5. The number of anilines is 1. The second-order valence-electron chi connectivity index (χ2n) is 5.79. The van der Waals surface area contributed by atoms with Gasteiger partial charge >= 0.3 is 0 Å². The normalized spacial score (nSPS) is 15.4. The third kappa shape index (κ3) is 4.61. The first kappa shape index (κ1) is 18.4. The molecule has 1 aliphatic heterocycles. The van der Waals surface area contributed by atoms with Crippen LogP contribution in [0.3, 0.4) is 0 Å². The quantitative estimate of drug-likeness (QED) is 0.833. The Balaban J connectivity index is 1.73. The Kier molecular flexibility index (Phi) is 5.78. The van der Waals surface area contributed by atoms with Crippen LogP contribution in [0.1, 0.15) is 25.0 Å². The number of sulfonamides is 1. The Morgan fingerprint density at radius 1 is 1.12 bits per heavy atom. The molecule has 2 aromatic rings. The minimum absolute atomic E-state index is 0.0491. The lowest BCUT2D eigenvalue weighted by atomic mass is 10.1. The maximum Gasteiger partial charge on any atom is 0.242 e. The fourth-order valence-electron chi connectivity index (χ4n) is 2.66. The molecule has 1 aromatic carbocycles. The van der Waals surface area contributed by atoms with Gasteiger partial charge < -0.3 is 4.90 Å². The average Bonchev–Trinajstić information content (AvgIpc) is 2.63. The molecule has 0 atom stereocenters. The van der Waals surface area contributed by atoms with Crippen molar-refractivity contribution in [3.05, 3.63) is 46.2 Å². The average molecular weight is 401 g/mol. The van der Waals surface area contributed by atoms with Crippen LogP contribution >= 0.6 is 23.2 Å². The standard InChI is InChI=1S/C16H18Cl2N4O2S/c17-12-4-5-14(18)15(10-12)25(23,24)20-11-13-6-7-19-16(21-13)22-8-2-1-3-9-22/h4-7,10,20H,1-3,8-9,11H2. The molecule has 0 amide bonds. The fourth-order valence-corrected chi connectivity index (χ4v) is 4.42. The number of nitrogens with zero attached hydrogens (tertiary/aromatic N) is 3. The van der Waals surface area contributed by atoms with Crippen molar-refractivity contribution < 1.29 is 8.42 Å². The van der Waals surface area contributed by atoms with Gasteiger partial charge in [0.2, 0.25) is 16.0 Å². The molecule has 6 nitrogen and oxygen atoms in total. The molecular weight excluding hydrogens is 383 g/mol. The molecule has 25 heavy (non-hydrogen) atoms. The van der Waals surface area contributed by atoms with E-state index in [1.807, 2.05) is 0 Å². The minimum Gasteiger partial charge on any atom is -0.341 e. The van der Waals surface area contributed by atoms with E-state index in [0.717, 1.165) is 25.9 Å². The van der Waals surface area contributed by atoms with Crippen molar-refractivity contribution >= 4 is 39.2 Å². The zero-order chi connectivity index (χ0) is 17.9. The van der Waals surface area contributed by atoms with Crippen LogP contribution in [0.15, 0.2) is 35.4 Å². The number of aromatic nitrogens is 2. The van der Waals surface area contributed by atoms with Crippen LogP contribution in [0, 0.1) is 0 Å². The van der Waals surface area contributed by atoms with E-state index < -0.39 is 10.0 Å². The second-order valence-corrected chi connectivity index (χ2v) is 8.37. The Bertz CT molecular complexity index is 855. The summed E-state index contributed by atoms with van der Waals surface area (Å²) in [5, 5.41) is 0.424.